The molecule has 0 radical (unpaired) electrons. The fraction of sp³-hybridized carbons (Fsp3) is 0.545. The average Bonchev–Trinajstić information content (AvgIpc) is 2.34. The maximum Gasteiger partial charge on any atom is 0.254 e. The van der Waals surface area contributed by atoms with Gasteiger partial charge in [-0.2, -0.15) is 4.98 Å². The van der Waals surface area contributed by atoms with Crippen molar-refractivity contribution in [3.8, 4) is 0 Å². The minimum atomic E-state index is -3.23. The van der Waals surface area contributed by atoms with Gasteiger partial charge in [-0.25, -0.2) is 0 Å². The molecule has 0 bridgehead atoms. The first-order chi connectivity index (χ1) is 9.71. The summed E-state index contributed by atoms with van der Waals surface area (Å²) in [7, 11) is -1.66. The number of anilines is 2. The van der Waals surface area contributed by atoms with Gasteiger partial charge < -0.3 is 20.3 Å². The summed E-state index contributed by atoms with van der Waals surface area (Å²) in [6.45, 7) is 3.26. The minimum Gasteiger partial charge on any atom is -0.369 e. The molecule has 1 aromatic heterocycles. The number of H-pyrrole nitrogens is 1. The second kappa shape index (κ2) is 7.35. The average molecular weight is 317 g/mol. The Labute approximate surface area is 122 Å². The van der Waals surface area contributed by atoms with Gasteiger partial charge in [-0.3, -0.25) is 19.3 Å². The van der Waals surface area contributed by atoms with Crippen molar-refractivity contribution in [1.29, 1.82) is 0 Å². The molecule has 0 spiro atoms. The first-order valence-corrected chi connectivity index (χ1v) is 8.47. The number of nitrogen functional groups attached to an aromatic ring is 1. The van der Waals surface area contributed by atoms with Crippen LogP contribution in [0.25, 0.3) is 0 Å². The van der Waals surface area contributed by atoms with Crippen molar-refractivity contribution in [2.75, 3.05) is 37.2 Å². The van der Waals surface area contributed by atoms with Gasteiger partial charge in [0.15, 0.2) is 0 Å². The van der Waals surface area contributed by atoms with E-state index in [-0.39, 0.29) is 24.0 Å². The Kier molecular flexibility index (Phi) is 6.07. The molecule has 0 saturated carbocycles. The van der Waals surface area contributed by atoms with E-state index in [0.29, 0.717) is 12.4 Å². The molecular formula is C11H20N5O4P. The van der Waals surface area contributed by atoms with Crippen LogP contribution in [-0.2, 0) is 9.30 Å². The van der Waals surface area contributed by atoms with E-state index < -0.39 is 7.37 Å². The molecule has 0 saturated heterocycles. The molecule has 0 fully saturated rings. The van der Waals surface area contributed by atoms with Gasteiger partial charge in [-0.15, -0.1) is 0 Å². The maximum absolute atomic E-state index is 11.4. The first kappa shape index (κ1) is 17.4. The number of rotatable bonds is 7. The number of nitrogens with one attached hydrogen (secondary N) is 1. The number of aromatic amines is 1. The van der Waals surface area contributed by atoms with E-state index in [1.165, 1.54) is 19.1 Å². The Hall–Kier alpha value is -1.70. The van der Waals surface area contributed by atoms with Gasteiger partial charge in [0, 0.05) is 19.8 Å². The topological polar surface area (TPSA) is 134 Å². The third-order valence-electron chi connectivity index (χ3n) is 2.35. The Balaban J connectivity index is 2.82. The molecule has 0 aromatic carbocycles. The highest BCUT2D eigenvalue weighted by molar-refractivity contribution is 7.56. The smallest absolute Gasteiger partial charge is 0.254 e. The second-order valence-corrected chi connectivity index (χ2v) is 7.03. The van der Waals surface area contributed by atoms with Crippen molar-refractivity contribution in [2.45, 2.75) is 13.0 Å². The van der Waals surface area contributed by atoms with Crippen LogP contribution in [0.3, 0.4) is 0 Å². The number of hydrogen-bond acceptors (Lipinski definition) is 6. The second-order valence-electron chi connectivity index (χ2n) is 4.67. The molecule has 21 heavy (non-hydrogen) atoms. The molecule has 9 nitrogen and oxygen atoms in total. The highest BCUT2D eigenvalue weighted by atomic mass is 31.2. The number of aliphatic imine (C=N–C) groups is 1. The van der Waals surface area contributed by atoms with Gasteiger partial charge in [-0.05, 0) is 6.92 Å². The minimum absolute atomic E-state index is 0.00556. The van der Waals surface area contributed by atoms with Gasteiger partial charge >= 0.3 is 0 Å². The molecule has 1 rings (SSSR count). The zero-order valence-electron chi connectivity index (χ0n) is 12.2. The molecule has 1 unspecified atom stereocenters. The van der Waals surface area contributed by atoms with Crippen LogP contribution in [0.4, 0.5) is 11.8 Å². The molecule has 2 atom stereocenters. The lowest BCUT2D eigenvalue weighted by Crippen LogP contribution is -2.33. The van der Waals surface area contributed by atoms with Gasteiger partial charge in [0.1, 0.15) is 12.2 Å². The van der Waals surface area contributed by atoms with Crippen LogP contribution < -0.4 is 16.2 Å². The van der Waals surface area contributed by atoms with Crippen LogP contribution in [0, 0.1) is 0 Å². The number of nitrogens with two attached hydrogens (primary N) is 1. The monoisotopic (exact) mass is 317 g/mol. The summed E-state index contributed by atoms with van der Waals surface area (Å²) < 4.78 is 16.5. The van der Waals surface area contributed by atoms with E-state index >= 15 is 0 Å². The summed E-state index contributed by atoms with van der Waals surface area (Å²) in [6, 6.07) is 1.28. The predicted molar refractivity (Wildman–Crippen MR) is 82.2 cm³/mol. The van der Waals surface area contributed by atoms with Crippen LogP contribution in [0.2, 0.25) is 0 Å². The summed E-state index contributed by atoms with van der Waals surface area (Å²) in [5.41, 5.74) is 5.12. The van der Waals surface area contributed by atoms with Crippen molar-refractivity contribution in [3.05, 3.63) is 16.4 Å². The molecule has 10 heteroatoms. The highest BCUT2D eigenvalue weighted by Gasteiger charge is 2.16. The summed E-state index contributed by atoms with van der Waals surface area (Å²) >= 11 is 0. The lowest BCUT2D eigenvalue weighted by Gasteiger charge is -2.23. The SMILES string of the molecule is C/N=C\N(C[C@@H](C)OCP(C)(=O)O)c1cc(=O)[nH]c(N)n1. The molecule has 118 valence electrons. The van der Waals surface area contributed by atoms with Gasteiger partial charge in [0.05, 0.1) is 19.0 Å². The van der Waals surface area contributed by atoms with E-state index in [0.717, 1.165) is 0 Å². The van der Waals surface area contributed by atoms with E-state index in [1.54, 1.807) is 18.9 Å². The molecule has 0 aliphatic heterocycles. The lowest BCUT2D eigenvalue weighted by atomic mass is 10.3. The predicted octanol–water partition coefficient (Wildman–Crippen LogP) is 0.0794. The Morgan fingerprint density at radius 1 is 1.71 bits per heavy atom. The van der Waals surface area contributed by atoms with Crippen molar-refractivity contribution in [1.82, 2.24) is 9.97 Å². The quantitative estimate of drug-likeness (QED) is 0.368. The third-order valence-corrected chi connectivity index (χ3v) is 2.98. The zero-order valence-corrected chi connectivity index (χ0v) is 13.1. The largest absolute Gasteiger partial charge is 0.369 e. The Morgan fingerprint density at radius 2 is 2.38 bits per heavy atom. The number of aromatic nitrogens is 2. The van der Waals surface area contributed by atoms with E-state index in [4.69, 9.17) is 10.5 Å². The van der Waals surface area contributed by atoms with Crippen LogP contribution in [-0.4, -0.2) is 53.9 Å². The Bertz CT molecular complexity index is 597. The number of ether oxygens (including phenoxy) is 1. The molecule has 0 aliphatic carbocycles. The molecular weight excluding hydrogens is 297 g/mol. The normalized spacial score (nSPS) is 15.8. The third kappa shape index (κ3) is 6.52. The number of nitrogens with zero attached hydrogens (tertiary/aromatic N) is 3. The van der Waals surface area contributed by atoms with Gasteiger partial charge in [0.2, 0.25) is 13.3 Å². The van der Waals surface area contributed by atoms with Crippen LogP contribution in [0.5, 0.6) is 0 Å². The first-order valence-electron chi connectivity index (χ1n) is 6.18. The summed E-state index contributed by atoms with van der Waals surface area (Å²) in [6.07, 6.45) is 0.868. The highest BCUT2D eigenvalue weighted by Crippen LogP contribution is 2.35. The summed E-state index contributed by atoms with van der Waals surface area (Å²) in [4.78, 5) is 32.4. The maximum atomic E-state index is 11.4. The standard InChI is InChI=1S/C11H20N5O4P/c1-8(20-7-21(3,18)19)5-16(6-13-2)9-4-10(17)15-11(12)14-9/h4,6,8H,5,7H2,1-3H3,(H,18,19)(H3,12,14,15,17)/b13-6-/t8-/m1/s1. The zero-order chi connectivity index (χ0) is 16.0. The van der Waals surface area contributed by atoms with Crippen LogP contribution >= 0.6 is 7.37 Å². The molecule has 0 amide bonds. The fourth-order valence-electron chi connectivity index (χ4n) is 1.54. The molecule has 0 aliphatic rings. The van der Waals surface area contributed by atoms with Crippen LogP contribution in [0.1, 0.15) is 6.92 Å². The molecule has 1 aromatic rings. The molecule has 4 N–H and O–H groups in total. The van der Waals surface area contributed by atoms with E-state index in [1.807, 2.05) is 0 Å². The summed E-state index contributed by atoms with van der Waals surface area (Å²) in [5.74, 6) is 0.315. The Morgan fingerprint density at radius 3 is 2.90 bits per heavy atom. The van der Waals surface area contributed by atoms with Gasteiger partial charge in [-0.1, -0.05) is 0 Å². The van der Waals surface area contributed by atoms with E-state index in [9.17, 15) is 14.3 Å². The van der Waals surface area contributed by atoms with Crippen molar-refractivity contribution in [2.24, 2.45) is 4.99 Å². The summed E-state index contributed by atoms with van der Waals surface area (Å²) in [5, 5.41) is 0. The molecule has 1 heterocycles. The van der Waals surface area contributed by atoms with Gasteiger partial charge in [0.25, 0.3) is 5.56 Å². The van der Waals surface area contributed by atoms with E-state index in [2.05, 4.69) is 15.0 Å². The number of hydrogen-bond donors (Lipinski definition) is 3. The van der Waals surface area contributed by atoms with Crippen molar-refractivity contribution >= 4 is 25.5 Å². The fourth-order valence-corrected chi connectivity index (χ4v) is 2.08. The van der Waals surface area contributed by atoms with Crippen molar-refractivity contribution in [3.63, 3.8) is 0 Å². The lowest BCUT2D eigenvalue weighted by molar-refractivity contribution is 0.102. The van der Waals surface area contributed by atoms with Crippen molar-refractivity contribution < 1.29 is 14.2 Å². The van der Waals surface area contributed by atoms with Crippen LogP contribution in [0.15, 0.2) is 15.9 Å².